The van der Waals surface area contributed by atoms with Crippen LogP contribution in [0.2, 0.25) is 0 Å². The largest absolute Gasteiger partial charge is 0.416 e. The molecule has 0 aliphatic heterocycles. The number of aryl methyl sites for hydroxylation is 1. The maximum absolute atomic E-state index is 13.7. The van der Waals surface area contributed by atoms with Gasteiger partial charge in [0.25, 0.3) is 0 Å². The molecule has 0 atom stereocenters. The van der Waals surface area contributed by atoms with Crippen LogP contribution in [0.25, 0.3) is 10.4 Å². The molecule has 0 fully saturated rings. The minimum Gasteiger partial charge on any atom is -0.396 e. The fraction of sp³-hybridized carbons (Fsp3) is 0.280. The second kappa shape index (κ2) is 9.47. The first-order valence-electron chi connectivity index (χ1n) is 10.6. The van der Waals surface area contributed by atoms with Crippen LogP contribution in [-0.2, 0) is 22.6 Å². The minimum absolute atomic E-state index is 0.0175. The quantitative estimate of drug-likeness (QED) is 0.271. The predicted octanol–water partition coefficient (Wildman–Crippen LogP) is 7.24. The fourth-order valence-electron chi connectivity index (χ4n) is 3.90. The number of hydrogen-bond donors (Lipinski definition) is 1. The molecule has 0 bridgehead atoms. The van der Waals surface area contributed by atoms with Crippen LogP contribution in [0.15, 0.2) is 36.4 Å². The van der Waals surface area contributed by atoms with Gasteiger partial charge in [-0.1, -0.05) is 6.07 Å². The van der Waals surface area contributed by atoms with Crippen LogP contribution < -0.4 is 10.6 Å². The number of amides is 1. The van der Waals surface area contributed by atoms with Gasteiger partial charge in [-0.05, 0) is 67.8 Å². The molecule has 0 radical (unpaired) electrons. The van der Waals surface area contributed by atoms with Crippen molar-refractivity contribution in [2.45, 2.75) is 38.5 Å². The standard InChI is InChI=1S/C25H21F7N2O2S/c1-12-7-16(26)5-6-17(12)21-20(19(33)18(11-35)37-21)34(4)22(36)23(2,3)13-8-14(24(27,28)29)10-15(9-13)25(30,31)32/h5-11H,33H2,1-4H3. The number of likely N-dealkylation sites (N-methyl/N-ethyl adjacent to an activating group) is 1. The number of thiophene rings is 1. The molecule has 0 saturated heterocycles. The number of carbonyl (C=O) groups is 2. The fourth-order valence-corrected chi connectivity index (χ4v) is 5.05. The summed E-state index contributed by atoms with van der Waals surface area (Å²) >= 11 is 0.916. The molecular weight excluding hydrogens is 525 g/mol. The minimum atomic E-state index is -5.09. The Bertz CT molecular complexity index is 1340. The van der Waals surface area contributed by atoms with Gasteiger partial charge in [-0.25, -0.2) is 4.39 Å². The van der Waals surface area contributed by atoms with Crippen LogP contribution in [0, 0.1) is 12.7 Å². The molecule has 3 aromatic rings. The summed E-state index contributed by atoms with van der Waals surface area (Å²) in [5, 5.41) is 0. The molecular formula is C25H21F7N2O2S. The highest BCUT2D eigenvalue weighted by atomic mass is 32.1. The lowest BCUT2D eigenvalue weighted by molar-refractivity contribution is -0.143. The van der Waals surface area contributed by atoms with Gasteiger partial charge in [0.1, 0.15) is 5.82 Å². The van der Waals surface area contributed by atoms with Crippen LogP contribution >= 0.6 is 11.3 Å². The molecule has 37 heavy (non-hydrogen) atoms. The highest BCUT2D eigenvalue weighted by molar-refractivity contribution is 7.18. The van der Waals surface area contributed by atoms with E-state index >= 15 is 0 Å². The molecule has 0 saturated carbocycles. The average molecular weight is 547 g/mol. The lowest BCUT2D eigenvalue weighted by Gasteiger charge is -2.31. The van der Waals surface area contributed by atoms with Crippen LogP contribution in [0.5, 0.6) is 0 Å². The summed E-state index contributed by atoms with van der Waals surface area (Å²) in [4.78, 5) is 26.6. The first-order chi connectivity index (χ1) is 16.9. The number of benzene rings is 2. The van der Waals surface area contributed by atoms with Crippen molar-refractivity contribution in [3.8, 4) is 10.4 Å². The smallest absolute Gasteiger partial charge is 0.396 e. The number of hydrogen-bond acceptors (Lipinski definition) is 4. The zero-order chi connectivity index (χ0) is 28.1. The number of nitrogens with zero attached hydrogens (tertiary/aromatic N) is 1. The molecule has 0 spiro atoms. The molecule has 2 N–H and O–H groups in total. The average Bonchev–Trinajstić information content (AvgIpc) is 3.12. The van der Waals surface area contributed by atoms with Gasteiger partial charge in [0.2, 0.25) is 5.91 Å². The maximum Gasteiger partial charge on any atom is 0.416 e. The number of halogens is 7. The third-order valence-electron chi connectivity index (χ3n) is 5.97. The monoisotopic (exact) mass is 546 g/mol. The van der Waals surface area contributed by atoms with E-state index in [9.17, 15) is 40.3 Å². The second-order valence-corrected chi connectivity index (χ2v) is 9.97. The van der Waals surface area contributed by atoms with Gasteiger partial charge in [-0.15, -0.1) is 11.3 Å². The first-order valence-corrected chi connectivity index (χ1v) is 11.4. The van der Waals surface area contributed by atoms with Crippen molar-refractivity contribution >= 4 is 34.9 Å². The summed E-state index contributed by atoms with van der Waals surface area (Å²) < 4.78 is 94.2. The molecule has 2 aromatic carbocycles. The number of nitrogen functional groups attached to an aromatic ring is 1. The van der Waals surface area contributed by atoms with Crippen molar-refractivity contribution in [2.75, 3.05) is 17.7 Å². The highest BCUT2D eigenvalue weighted by Crippen LogP contribution is 2.47. The molecule has 0 aliphatic carbocycles. The van der Waals surface area contributed by atoms with Gasteiger partial charge in [-0.2, -0.15) is 26.3 Å². The molecule has 1 heterocycles. The van der Waals surface area contributed by atoms with Crippen LogP contribution in [0.4, 0.5) is 42.1 Å². The van der Waals surface area contributed by atoms with E-state index in [0.717, 1.165) is 22.3 Å². The van der Waals surface area contributed by atoms with Crippen molar-refractivity contribution in [2.24, 2.45) is 0 Å². The zero-order valence-electron chi connectivity index (χ0n) is 19.9. The van der Waals surface area contributed by atoms with E-state index in [0.29, 0.717) is 34.4 Å². The van der Waals surface area contributed by atoms with Gasteiger partial charge >= 0.3 is 12.4 Å². The SMILES string of the molecule is Cc1cc(F)ccc1-c1sc(C=O)c(N)c1N(C)C(=O)C(C)(C)c1cc(C(F)(F)F)cc(C(F)(F)F)c1. The third kappa shape index (κ3) is 5.34. The molecule has 198 valence electrons. The molecule has 0 unspecified atom stereocenters. The molecule has 0 aliphatic rings. The Hall–Kier alpha value is -3.41. The van der Waals surface area contributed by atoms with Gasteiger partial charge in [0, 0.05) is 7.05 Å². The van der Waals surface area contributed by atoms with Crippen LogP contribution in [-0.4, -0.2) is 19.2 Å². The van der Waals surface area contributed by atoms with Gasteiger partial charge in [-0.3, -0.25) is 9.59 Å². The summed E-state index contributed by atoms with van der Waals surface area (Å²) in [7, 11) is 1.25. The summed E-state index contributed by atoms with van der Waals surface area (Å²) in [5.74, 6) is -1.42. The Morgan fingerprint density at radius 3 is 1.92 bits per heavy atom. The number of alkyl halides is 6. The van der Waals surface area contributed by atoms with Gasteiger partial charge in [0.15, 0.2) is 6.29 Å². The summed E-state index contributed by atoms with van der Waals surface area (Å²) in [6.07, 6.45) is -9.73. The van der Waals surface area contributed by atoms with E-state index in [2.05, 4.69) is 0 Å². The molecule has 1 aromatic heterocycles. The Balaban J connectivity index is 2.18. The Morgan fingerprint density at radius 2 is 1.46 bits per heavy atom. The zero-order valence-corrected chi connectivity index (χ0v) is 20.8. The van der Waals surface area contributed by atoms with Crippen molar-refractivity contribution in [3.63, 3.8) is 0 Å². The number of nitrogens with two attached hydrogens (primary N) is 1. The Morgan fingerprint density at radius 1 is 0.946 bits per heavy atom. The first kappa shape index (κ1) is 28.2. The van der Waals surface area contributed by atoms with Crippen LogP contribution in [0.1, 0.15) is 45.8 Å². The third-order valence-corrected chi connectivity index (χ3v) is 7.13. The molecule has 4 nitrogen and oxygen atoms in total. The Kier molecular flexibility index (Phi) is 7.21. The lowest BCUT2D eigenvalue weighted by Crippen LogP contribution is -2.42. The van der Waals surface area contributed by atoms with Crippen molar-refractivity contribution in [1.82, 2.24) is 0 Å². The summed E-state index contributed by atoms with van der Waals surface area (Å²) in [6, 6.07) is 4.79. The predicted molar refractivity (Wildman–Crippen MR) is 127 cm³/mol. The lowest BCUT2D eigenvalue weighted by atomic mass is 9.81. The van der Waals surface area contributed by atoms with E-state index < -0.39 is 46.2 Å². The van der Waals surface area contributed by atoms with E-state index in [1.54, 1.807) is 6.92 Å². The highest BCUT2D eigenvalue weighted by Gasteiger charge is 2.41. The number of carbonyl (C=O) groups excluding carboxylic acids is 2. The number of aldehydes is 1. The number of rotatable bonds is 5. The van der Waals surface area contributed by atoms with E-state index in [1.807, 2.05) is 0 Å². The van der Waals surface area contributed by atoms with Crippen molar-refractivity contribution in [3.05, 3.63) is 69.3 Å². The summed E-state index contributed by atoms with van der Waals surface area (Å²) in [5.41, 5.74) is 1.43. The van der Waals surface area contributed by atoms with Gasteiger partial charge in [0.05, 0.1) is 37.7 Å². The molecule has 1 amide bonds. The normalized spacial score (nSPS) is 12.5. The van der Waals surface area contributed by atoms with Gasteiger partial charge < -0.3 is 10.6 Å². The Labute approximate surface area is 211 Å². The van der Waals surface area contributed by atoms with E-state index in [1.165, 1.54) is 33.0 Å². The van der Waals surface area contributed by atoms with Crippen LogP contribution in [0.3, 0.4) is 0 Å². The van der Waals surface area contributed by atoms with E-state index in [-0.39, 0.29) is 22.3 Å². The second-order valence-electron chi connectivity index (χ2n) is 8.92. The van der Waals surface area contributed by atoms with E-state index in [4.69, 9.17) is 5.73 Å². The topological polar surface area (TPSA) is 63.4 Å². The molecule has 3 rings (SSSR count). The summed E-state index contributed by atoms with van der Waals surface area (Å²) in [6.45, 7) is 3.96. The maximum atomic E-state index is 13.7. The number of anilines is 2. The van der Waals surface area contributed by atoms with Crippen molar-refractivity contribution < 1.29 is 40.3 Å². The van der Waals surface area contributed by atoms with Crippen molar-refractivity contribution in [1.29, 1.82) is 0 Å². The molecule has 12 heteroatoms.